The number of carbonyl (C=O) groups excluding carboxylic acids is 2. The van der Waals surface area contributed by atoms with Crippen molar-refractivity contribution in [1.82, 2.24) is 10.2 Å². The molecule has 0 aliphatic carbocycles. The molecule has 0 heterocycles. The molecule has 0 aliphatic heterocycles. The SMILES string of the molecule is CN(C)C(=O)C(CN)NC(=O)OC(C)(C)C. The van der Waals surface area contributed by atoms with Gasteiger partial charge >= 0.3 is 6.09 Å². The van der Waals surface area contributed by atoms with Crippen LogP contribution in [0.2, 0.25) is 0 Å². The van der Waals surface area contributed by atoms with Crippen LogP contribution < -0.4 is 11.1 Å². The van der Waals surface area contributed by atoms with E-state index in [2.05, 4.69) is 5.32 Å². The molecule has 0 fully saturated rings. The lowest BCUT2D eigenvalue weighted by Gasteiger charge is -2.24. The van der Waals surface area contributed by atoms with E-state index in [0.29, 0.717) is 0 Å². The first-order chi connectivity index (χ1) is 7.17. The average Bonchev–Trinajstić information content (AvgIpc) is 2.09. The Morgan fingerprint density at radius 2 is 1.88 bits per heavy atom. The molecule has 2 amide bonds. The number of hydrogen-bond acceptors (Lipinski definition) is 4. The lowest BCUT2D eigenvalue weighted by atomic mass is 10.2. The predicted molar refractivity (Wildman–Crippen MR) is 60.9 cm³/mol. The summed E-state index contributed by atoms with van der Waals surface area (Å²) in [6.07, 6.45) is -0.641. The van der Waals surface area contributed by atoms with Gasteiger partial charge in [0.05, 0.1) is 0 Å². The summed E-state index contributed by atoms with van der Waals surface area (Å²) >= 11 is 0. The number of hydrogen-bond donors (Lipinski definition) is 2. The van der Waals surface area contributed by atoms with Crippen molar-refractivity contribution < 1.29 is 14.3 Å². The summed E-state index contributed by atoms with van der Waals surface area (Å²) in [5.41, 5.74) is 4.81. The summed E-state index contributed by atoms with van der Waals surface area (Å²) in [5, 5.41) is 2.43. The van der Waals surface area contributed by atoms with E-state index in [1.54, 1.807) is 34.9 Å². The topological polar surface area (TPSA) is 84.7 Å². The molecule has 6 nitrogen and oxygen atoms in total. The molecule has 0 aliphatic rings. The number of alkyl carbamates (subject to hydrolysis) is 1. The van der Waals surface area contributed by atoms with E-state index in [1.165, 1.54) is 4.90 Å². The molecular formula is C10H21N3O3. The Morgan fingerprint density at radius 1 is 1.38 bits per heavy atom. The lowest BCUT2D eigenvalue weighted by molar-refractivity contribution is -0.130. The smallest absolute Gasteiger partial charge is 0.408 e. The van der Waals surface area contributed by atoms with Gasteiger partial charge in [-0.1, -0.05) is 0 Å². The highest BCUT2D eigenvalue weighted by molar-refractivity contribution is 5.85. The Labute approximate surface area is 96.1 Å². The van der Waals surface area contributed by atoms with Crippen LogP contribution in [0.3, 0.4) is 0 Å². The second kappa shape index (κ2) is 5.69. The Hall–Kier alpha value is -1.30. The molecule has 0 aromatic heterocycles. The zero-order chi connectivity index (χ0) is 12.9. The molecule has 6 heteroatoms. The van der Waals surface area contributed by atoms with Gasteiger partial charge in [-0.05, 0) is 20.8 Å². The van der Waals surface area contributed by atoms with E-state index in [9.17, 15) is 9.59 Å². The minimum absolute atomic E-state index is 0.0380. The summed E-state index contributed by atoms with van der Waals surface area (Å²) in [4.78, 5) is 24.3. The van der Waals surface area contributed by atoms with E-state index in [4.69, 9.17) is 10.5 Å². The van der Waals surface area contributed by atoms with Gasteiger partial charge in [0, 0.05) is 20.6 Å². The summed E-state index contributed by atoms with van der Waals surface area (Å²) in [6.45, 7) is 5.28. The van der Waals surface area contributed by atoms with E-state index in [-0.39, 0.29) is 12.5 Å². The second-order valence-corrected chi connectivity index (χ2v) is 4.67. The third-order valence-electron chi connectivity index (χ3n) is 1.67. The number of nitrogens with zero attached hydrogens (tertiary/aromatic N) is 1. The number of nitrogens with two attached hydrogens (primary N) is 1. The molecule has 0 spiro atoms. The zero-order valence-corrected chi connectivity index (χ0v) is 10.5. The number of ether oxygens (including phenoxy) is 1. The first-order valence-electron chi connectivity index (χ1n) is 5.08. The Bertz CT molecular complexity index is 259. The van der Waals surface area contributed by atoms with Crippen LogP contribution in [0, 0.1) is 0 Å². The highest BCUT2D eigenvalue weighted by atomic mass is 16.6. The third-order valence-corrected chi connectivity index (χ3v) is 1.67. The molecule has 0 rings (SSSR count). The quantitative estimate of drug-likeness (QED) is 0.712. The number of likely N-dealkylation sites (N-methyl/N-ethyl adjacent to an activating group) is 1. The van der Waals surface area contributed by atoms with E-state index >= 15 is 0 Å². The maximum Gasteiger partial charge on any atom is 0.408 e. The first-order valence-corrected chi connectivity index (χ1v) is 5.08. The minimum Gasteiger partial charge on any atom is -0.444 e. The normalized spacial score (nSPS) is 12.9. The van der Waals surface area contributed by atoms with Crippen LogP contribution in [0.1, 0.15) is 20.8 Å². The van der Waals surface area contributed by atoms with Crippen LogP contribution in [0.5, 0.6) is 0 Å². The fourth-order valence-electron chi connectivity index (χ4n) is 0.983. The molecule has 0 saturated heterocycles. The molecular weight excluding hydrogens is 210 g/mol. The zero-order valence-electron chi connectivity index (χ0n) is 10.5. The second-order valence-electron chi connectivity index (χ2n) is 4.67. The van der Waals surface area contributed by atoms with Crippen molar-refractivity contribution >= 4 is 12.0 Å². The number of amides is 2. The van der Waals surface area contributed by atoms with Gasteiger partial charge in [-0.3, -0.25) is 4.79 Å². The van der Waals surface area contributed by atoms with Gasteiger partial charge in [0.2, 0.25) is 5.91 Å². The van der Waals surface area contributed by atoms with Gasteiger partial charge in [-0.25, -0.2) is 4.79 Å². The third kappa shape index (κ3) is 5.55. The Balaban J connectivity index is 4.34. The fraction of sp³-hybridized carbons (Fsp3) is 0.800. The number of carbonyl (C=O) groups is 2. The van der Waals surface area contributed by atoms with Gasteiger partial charge in [-0.2, -0.15) is 0 Å². The highest BCUT2D eigenvalue weighted by Gasteiger charge is 2.23. The van der Waals surface area contributed by atoms with Crippen molar-refractivity contribution in [3.8, 4) is 0 Å². The van der Waals surface area contributed by atoms with Gasteiger partial charge in [0.1, 0.15) is 11.6 Å². The summed E-state index contributed by atoms with van der Waals surface area (Å²) in [5.74, 6) is -0.256. The van der Waals surface area contributed by atoms with Crippen LogP contribution >= 0.6 is 0 Å². The predicted octanol–water partition coefficient (Wildman–Crippen LogP) is -0.0734. The molecule has 3 N–H and O–H groups in total. The monoisotopic (exact) mass is 231 g/mol. The van der Waals surface area contributed by atoms with Gasteiger partial charge in [0.25, 0.3) is 0 Å². The summed E-state index contributed by atoms with van der Waals surface area (Å²) in [7, 11) is 3.20. The van der Waals surface area contributed by atoms with E-state index in [0.717, 1.165) is 0 Å². The molecule has 94 valence electrons. The lowest BCUT2D eigenvalue weighted by Crippen LogP contribution is -2.51. The number of rotatable bonds is 3. The molecule has 1 atom stereocenters. The van der Waals surface area contributed by atoms with Crippen molar-refractivity contribution in [1.29, 1.82) is 0 Å². The van der Waals surface area contributed by atoms with Crippen molar-refractivity contribution in [3.05, 3.63) is 0 Å². The Morgan fingerprint density at radius 3 is 2.19 bits per heavy atom. The van der Waals surface area contributed by atoms with Crippen molar-refractivity contribution in [2.75, 3.05) is 20.6 Å². The standard InChI is InChI=1S/C10H21N3O3/c1-10(2,3)16-9(15)12-7(6-11)8(14)13(4)5/h7H,6,11H2,1-5H3,(H,12,15). The molecule has 0 saturated carbocycles. The van der Waals surface area contributed by atoms with Crippen molar-refractivity contribution in [3.63, 3.8) is 0 Å². The van der Waals surface area contributed by atoms with Crippen LogP contribution in [0.15, 0.2) is 0 Å². The van der Waals surface area contributed by atoms with Gasteiger partial charge in [0.15, 0.2) is 0 Å². The minimum atomic E-state index is -0.746. The fourth-order valence-corrected chi connectivity index (χ4v) is 0.983. The molecule has 0 bridgehead atoms. The van der Waals surface area contributed by atoms with Crippen LogP contribution in [0.25, 0.3) is 0 Å². The number of nitrogens with one attached hydrogen (secondary N) is 1. The van der Waals surface area contributed by atoms with Crippen LogP contribution in [-0.2, 0) is 9.53 Å². The molecule has 0 aromatic rings. The first kappa shape index (κ1) is 14.7. The maximum absolute atomic E-state index is 11.6. The van der Waals surface area contributed by atoms with Gasteiger partial charge < -0.3 is 20.7 Å². The summed E-state index contributed by atoms with van der Waals surface area (Å²) in [6, 6.07) is -0.746. The van der Waals surface area contributed by atoms with Crippen molar-refractivity contribution in [2.24, 2.45) is 5.73 Å². The average molecular weight is 231 g/mol. The Kier molecular flexibility index (Phi) is 5.23. The van der Waals surface area contributed by atoms with Gasteiger partial charge in [-0.15, -0.1) is 0 Å². The van der Waals surface area contributed by atoms with Crippen molar-refractivity contribution in [2.45, 2.75) is 32.4 Å². The molecule has 16 heavy (non-hydrogen) atoms. The largest absolute Gasteiger partial charge is 0.444 e. The highest BCUT2D eigenvalue weighted by Crippen LogP contribution is 2.06. The molecule has 1 unspecified atom stereocenters. The van der Waals surface area contributed by atoms with E-state index in [1.807, 2.05) is 0 Å². The maximum atomic E-state index is 11.6. The van der Waals surface area contributed by atoms with E-state index < -0.39 is 17.7 Å². The van der Waals surface area contributed by atoms with Crippen LogP contribution in [-0.4, -0.2) is 49.2 Å². The van der Waals surface area contributed by atoms with Crippen LogP contribution in [0.4, 0.5) is 4.79 Å². The molecule has 0 aromatic carbocycles. The summed E-state index contributed by atoms with van der Waals surface area (Å²) < 4.78 is 5.02. The molecule has 0 radical (unpaired) electrons.